The van der Waals surface area contributed by atoms with Gasteiger partial charge in [-0.1, -0.05) is 6.07 Å². The summed E-state index contributed by atoms with van der Waals surface area (Å²) in [5.41, 5.74) is 3.61. The van der Waals surface area contributed by atoms with Gasteiger partial charge in [0.1, 0.15) is 5.76 Å². The first-order valence-electron chi connectivity index (χ1n) is 8.82. The lowest BCUT2D eigenvalue weighted by atomic mass is 10.2. The molecule has 4 rings (SSSR count). The summed E-state index contributed by atoms with van der Waals surface area (Å²) >= 11 is 1.64. The van der Waals surface area contributed by atoms with Gasteiger partial charge in [0.15, 0.2) is 0 Å². The minimum absolute atomic E-state index is 0.104. The van der Waals surface area contributed by atoms with E-state index in [0.717, 1.165) is 35.6 Å². The Morgan fingerprint density at radius 1 is 1.35 bits per heavy atom. The maximum atomic E-state index is 12.8. The predicted octanol–water partition coefficient (Wildman–Crippen LogP) is 3.48. The number of urea groups is 1. The van der Waals surface area contributed by atoms with Crippen LogP contribution in [0.2, 0.25) is 0 Å². The number of carbonyl (C=O) groups excluding carboxylic acids is 1. The average Bonchev–Trinajstić information content (AvgIpc) is 3.41. The number of carbonyl (C=O) groups is 1. The zero-order valence-corrected chi connectivity index (χ0v) is 15.6. The highest BCUT2D eigenvalue weighted by Gasteiger charge is 2.24. The van der Waals surface area contributed by atoms with Gasteiger partial charge in [0, 0.05) is 17.6 Å². The molecule has 26 heavy (non-hydrogen) atoms. The maximum Gasteiger partial charge on any atom is 0.318 e. The molecule has 7 heteroatoms. The monoisotopic (exact) mass is 370 g/mol. The first-order chi connectivity index (χ1) is 12.7. The fourth-order valence-corrected chi connectivity index (χ4v) is 4.13. The van der Waals surface area contributed by atoms with E-state index in [-0.39, 0.29) is 6.03 Å². The molecule has 1 aliphatic carbocycles. The summed E-state index contributed by atoms with van der Waals surface area (Å²) in [6, 6.07) is 7.64. The Labute approximate surface area is 156 Å². The Hall–Kier alpha value is -2.54. The number of hydrogen-bond donors (Lipinski definition) is 1. The summed E-state index contributed by atoms with van der Waals surface area (Å²) in [5, 5.41) is 9.69. The van der Waals surface area contributed by atoms with Gasteiger partial charge in [0.2, 0.25) is 0 Å². The maximum absolute atomic E-state index is 12.8. The fourth-order valence-electron chi connectivity index (χ4n) is 3.48. The van der Waals surface area contributed by atoms with Crippen molar-refractivity contribution in [3.05, 3.63) is 63.5 Å². The van der Waals surface area contributed by atoms with Crippen LogP contribution in [-0.4, -0.2) is 20.7 Å². The highest BCUT2D eigenvalue weighted by atomic mass is 32.1. The van der Waals surface area contributed by atoms with Crippen molar-refractivity contribution < 1.29 is 9.21 Å². The van der Waals surface area contributed by atoms with Gasteiger partial charge in [0.25, 0.3) is 0 Å². The molecule has 0 atom stereocenters. The summed E-state index contributed by atoms with van der Waals surface area (Å²) in [4.78, 5) is 15.7. The van der Waals surface area contributed by atoms with E-state index in [2.05, 4.69) is 10.4 Å². The standard InChI is InChI=1S/C19H22N4O2S/c1-22-18-8-2-7-16(18)17(21-22)13-23(12-14-5-3-9-25-14)19(24)20-11-15-6-4-10-26-15/h3-6,9-10H,2,7-8,11-13H2,1H3,(H,20,24). The Morgan fingerprint density at radius 2 is 2.27 bits per heavy atom. The number of amides is 2. The van der Waals surface area contributed by atoms with Gasteiger partial charge in [-0.05, 0) is 48.4 Å². The number of aryl methyl sites for hydroxylation is 1. The minimum atomic E-state index is -0.104. The van der Waals surface area contributed by atoms with E-state index in [1.54, 1.807) is 22.5 Å². The molecule has 6 nitrogen and oxygen atoms in total. The van der Waals surface area contributed by atoms with Crippen LogP contribution in [-0.2, 0) is 39.5 Å². The molecule has 0 bridgehead atoms. The van der Waals surface area contributed by atoms with Gasteiger partial charge in [-0.2, -0.15) is 5.10 Å². The van der Waals surface area contributed by atoms with E-state index >= 15 is 0 Å². The largest absolute Gasteiger partial charge is 0.467 e. The normalized spacial score (nSPS) is 13.0. The molecule has 0 spiro atoms. The summed E-state index contributed by atoms with van der Waals surface area (Å²) in [7, 11) is 1.99. The first-order valence-corrected chi connectivity index (χ1v) is 9.70. The number of rotatable bonds is 6. The third-order valence-electron chi connectivity index (χ3n) is 4.75. The molecular weight excluding hydrogens is 348 g/mol. The molecular formula is C19H22N4O2S. The van der Waals surface area contributed by atoms with Crippen LogP contribution in [0.3, 0.4) is 0 Å². The molecule has 2 amide bonds. The summed E-state index contributed by atoms with van der Waals surface area (Å²) in [5.74, 6) is 0.767. The summed E-state index contributed by atoms with van der Waals surface area (Å²) in [6.45, 7) is 1.44. The number of thiophene rings is 1. The Morgan fingerprint density at radius 3 is 3.04 bits per heavy atom. The molecule has 0 saturated heterocycles. The highest BCUT2D eigenvalue weighted by Crippen LogP contribution is 2.26. The third-order valence-corrected chi connectivity index (χ3v) is 5.62. The number of fused-ring (bicyclic) bond motifs is 1. The Balaban J connectivity index is 1.50. The van der Waals surface area contributed by atoms with Gasteiger partial charge >= 0.3 is 6.03 Å². The van der Waals surface area contributed by atoms with Crippen molar-refractivity contribution in [3.63, 3.8) is 0 Å². The van der Waals surface area contributed by atoms with Crippen molar-refractivity contribution in [2.45, 2.75) is 38.9 Å². The smallest absolute Gasteiger partial charge is 0.318 e. The van der Waals surface area contributed by atoms with Crippen LogP contribution in [0.5, 0.6) is 0 Å². The molecule has 3 aromatic heterocycles. The van der Waals surface area contributed by atoms with Crippen LogP contribution in [0.25, 0.3) is 0 Å². The quantitative estimate of drug-likeness (QED) is 0.723. The van der Waals surface area contributed by atoms with Gasteiger partial charge < -0.3 is 14.6 Å². The zero-order chi connectivity index (χ0) is 17.9. The second-order valence-corrected chi connectivity index (χ2v) is 7.55. The van der Waals surface area contributed by atoms with Crippen LogP contribution in [0.4, 0.5) is 4.79 Å². The first kappa shape index (κ1) is 16.9. The van der Waals surface area contributed by atoms with E-state index in [4.69, 9.17) is 4.42 Å². The lowest BCUT2D eigenvalue weighted by molar-refractivity contribution is 0.186. The second kappa shape index (κ2) is 7.37. The molecule has 3 heterocycles. The molecule has 0 saturated carbocycles. The fraction of sp³-hybridized carbons (Fsp3) is 0.368. The molecule has 0 aromatic carbocycles. The van der Waals surface area contributed by atoms with Crippen LogP contribution in [0.1, 0.15) is 34.0 Å². The van der Waals surface area contributed by atoms with Gasteiger partial charge in [-0.3, -0.25) is 4.68 Å². The average molecular weight is 370 g/mol. The second-order valence-electron chi connectivity index (χ2n) is 6.52. The minimum Gasteiger partial charge on any atom is -0.467 e. The summed E-state index contributed by atoms with van der Waals surface area (Å²) < 4.78 is 7.42. The number of aromatic nitrogens is 2. The lowest BCUT2D eigenvalue weighted by Crippen LogP contribution is -2.38. The van der Waals surface area contributed by atoms with E-state index in [0.29, 0.717) is 19.6 Å². The molecule has 136 valence electrons. The molecule has 3 aromatic rings. The predicted molar refractivity (Wildman–Crippen MR) is 99.7 cm³/mol. The number of furan rings is 1. The van der Waals surface area contributed by atoms with Crippen LogP contribution in [0.15, 0.2) is 40.3 Å². The molecule has 1 aliphatic rings. The van der Waals surface area contributed by atoms with Crippen molar-refractivity contribution in [1.82, 2.24) is 20.0 Å². The van der Waals surface area contributed by atoms with Crippen molar-refractivity contribution in [3.8, 4) is 0 Å². The number of hydrogen-bond acceptors (Lipinski definition) is 4. The van der Waals surface area contributed by atoms with Crippen molar-refractivity contribution in [2.24, 2.45) is 7.05 Å². The van der Waals surface area contributed by atoms with E-state index in [1.807, 2.05) is 41.4 Å². The Bertz CT molecular complexity index is 868. The van der Waals surface area contributed by atoms with Gasteiger partial charge in [0.05, 0.1) is 31.6 Å². The highest BCUT2D eigenvalue weighted by molar-refractivity contribution is 7.09. The number of nitrogens with zero attached hydrogens (tertiary/aromatic N) is 3. The number of nitrogens with one attached hydrogen (secondary N) is 1. The SMILES string of the molecule is Cn1nc(CN(Cc2ccco2)C(=O)NCc2cccs2)c2c1CCC2. The zero-order valence-electron chi connectivity index (χ0n) is 14.8. The molecule has 0 fully saturated rings. The topological polar surface area (TPSA) is 63.3 Å². The van der Waals surface area contributed by atoms with E-state index in [1.165, 1.54) is 11.3 Å². The van der Waals surface area contributed by atoms with Crippen LogP contribution < -0.4 is 5.32 Å². The molecule has 1 N–H and O–H groups in total. The van der Waals surface area contributed by atoms with Gasteiger partial charge in [-0.15, -0.1) is 11.3 Å². The van der Waals surface area contributed by atoms with Crippen molar-refractivity contribution >= 4 is 17.4 Å². The van der Waals surface area contributed by atoms with E-state index < -0.39 is 0 Å². The van der Waals surface area contributed by atoms with E-state index in [9.17, 15) is 4.79 Å². The van der Waals surface area contributed by atoms with Crippen LogP contribution in [0, 0.1) is 0 Å². The van der Waals surface area contributed by atoms with Gasteiger partial charge in [-0.25, -0.2) is 4.79 Å². The van der Waals surface area contributed by atoms with Crippen molar-refractivity contribution in [2.75, 3.05) is 0 Å². The van der Waals surface area contributed by atoms with Crippen molar-refractivity contribution in [1.29, 1.82) is 0 Å². The Kier molecular flexibility index (Phi) is 4.79. The summed E-state index contributed by atoms with van der Waals surface area (Å²) in [6.07, 6.45) is 4.91. The van der Waals surface area contributed by atoms with Crippen LogP contribution >= 0.6 is 11.3 Å². The lowest BCUT2D eigenvalue weighted by Gasteiger charge is -2.21. The third kappa shape index (κ3) is 3.53. The molecule has 0 aliphatic heterocycles. The molecule has 0 unspecified atom stereocenters. The molecule has 0 radical (unpaired) electrons.